The quantitative estimate of drug-likeness (QED) is 0.642. The molecule has 9 heteroatoms. The maximum Gasteiger partial charge on any atom is 0.257 e. The summed E-state index contributed by atoms with van der Waals surface area (Å²) in [5.41, 5.74) is 0.918. The number of para-hydroxylation sites is 1. The number of carbonyl (C=O) groups excluding carboxylic acids is 4. The summed E-state index contributed by atoms with van der Waals surface area (Å²) in [7, 11) is 1.56. The maximum absolute atomic E-state index is 13.4. The van der Waals surface area contributed by atoms with E-state index in [1.165, 1.54) is 0 Å². The van der Waals surface area contributed by atoms with Crippen LogP contribution in [-0.2, 0) is 9.59 Å². The first-order valence-electron chi connectivity index (χ1n) is 12.3. The van der Waals surface area contributed by atoms with E-state index >= 15 is 0 Å². The van der Waals surface area contributed by atoms with Crippen LogP contribution in [0.3, 0.4) is 0 Å². The standard InChI is InChI=1S/C27H30N4O5/c1-27-12-10-24(33)31(27)22-9-4-3-8-21(22)26(35)30(27)13-11-23(32)28-14-16-29(17-15-28)25(34)19-6-5-7-20(18-19)36-2/h3-9,18H,10-17H2,1-2H3. The zero-order valence-electron chi connectivity index (χ0n) is 20.6. The molecule has 2 aromatic rings. The Morgan fingerprint density at radius 1 is 0.972 bits per heavy atom. The van der Waals surface area contributed by atoms with Crippen molar-refractivity contribution in [3.05, 3.63) is 59.7 Å². The minimum Gasteiger partial charge on any atom is -0.497 e. The lowest BCUT2D eigenvalue weighted by Gasteiger charge is -2.48. The van der Waals surface area contributed by atoms with E-state index in [0.717, 1.165) is 0 Å². The lowest BCUT2D eigenvalue weighted by Crippen LogP contribution is -2.62. The van der Waals surface area contributed by atoms with Gasteiger partial charge in [0.15, 0.2) is 0 Å². The molecule has 2 saturated heterocycles. The minimum absolute atomic E-state index is 0.00870. The van der Waals surface area contributed by atoms with Crippen LogP contribution in [0.2, 0.25) is 0 Å². The zero-order valence-corrected chi connectivity index (χ0v) is 20.6. The minimum atomic E-state index is -0.773. The lowest BCUT2D eigenvalue weighted by atomic mass is 9.98. The number of piperazine rings is 1. The van der Waals surface area contributed by atoms with Crippen LogP contribution in [-0.4, -0.2) is 83.8 Å². The van der Waals surface area contributed by atoms with E-state index in [2.05, 4.69) is 0 Å². The molecule has 2 fully saturated rings. The van der Waals surface area contributed by atoms with Crippen LogP contribution in [0.1, 0.15) is 46.9 Å². The average Bonchev–Trinajstić information content (AvgIpc) is 3.22. The van der Waals surface area contributed by atoms with Gasteiger partial charge in [-0.15, -0.1) is 0 Å². The molecule has 2 aromatic carbocycles. The highest BCUT2D eigenvalue weighted by atomic mass is 16.5. The number of fused-ring (bicyclic) bond motifs is 3. The predicted molar refractivity (Wildman–Crippen MR) is 133 cm³/mol. The van der Waals surface area contributed by atoms with Gasteiger partial charge >= 0.3 is 0 Å². The summed E-state index contributed by atoms with van der Waals surface area (Å²) >= 11 is 0. The molecule has 3 heterocycles. The average molecular weight is 491 g/mol. The third kappa shape index (κ3) is 3.98. The summed E-state index contributed by atoms with van der Waals surface area (Å²) in [5, 5.41) is 0. The maximum atomic E-state index is 13.4. The Morgan fingerprint density at radius 3 is 2.44 bits per heavy atom. The second-order valence-corrected chi connectivity index (χ2v) is 9.58. The first-order valence-corrected chi connectivity index (χ1v) is 12.3. The Balaban J connectivity index is 1.22. The first-order chi connectivity index (χ1) is 17.3. The summed E-state index contributed by atoms with van der Waals surface area (Å²) in [6, 6.07) is 14.2. The van der Waals surface area contributed by atoms with Crippen molar-refractivity contribution < 1.29 is 23.9 Å². The highest BCUT2D eigenvalue weighted by molar-refractivity contribution is 6.10. The Labute approximate surface area is 210 Å². The largest absolute Gasteiger partial charge is 0.497 e. The molecule has 36 heavy (non-hydrogen) atoms. The summed E-state index contributed by atoms with van der Waals surface area (Å²) in [4.78, 5) is 58.9. The van der Waals surface area contributed by atoms with Gasteiger partial charge in [-0.05, 0) is 43.7 Å². The molecular formula is C27H30N4O5. The number of hydrogen-bond acceptors (Lipinski definition) is 5. The number of amides is 4. The molecule has 3 aliphatic rings. The fraction of sp³-hybridized carbons (Fsp3) is 0.407. The van der Waals surface area contributed by atoms with Gasteiger partial charge in [0.25, 0.3) is 11.8 Å². The summed E-state index contributed by atoms with van der Waals surface area (Å²) in [5.74, 6) is 0.319. The third-order valence-corrected chi connectivity index (χ3v) is 7.53. The Morgan fingerprint density at radius 2 is 1.69 bits per heavy atom. The third-order valence-electron chi connectivity index (χ3n) is 7.53. The van der Waals surface area contributed by atoms with Gasteiger partial charge in [-0.25, -0.2) is 0 Å². The fourth-order valence-corrected chi connectivity index (χ4v) is 5.50. The molecule has 0 aromatic heterocycles. The number of methoxy groups -OCH3 is 1. The van der Waals surface area contributed by atoms with Crippen molar-refractivity contribution >= 4 is 29.3 Å². The zero-order chi connectivity index (χ0) is 25.4. The van der Waals surface area contributed by atoms with Crippen LogP contribution in [0.4, 0.5) is 5.69 Å². The van der Waals surface area contributed by atoms with Crippen LogP contribution in [0.5, 0.6) is 5.75 Å². The normalized spacial score (nSPS) is 21.4. The van der Waals surface area contributed by atoms with Gasteiger partial charge in [-0.1, -0.05) is 18.2 Å². The number of anilines is 1. The van der Waals surface area contributed by atoms with Crippen LogP contribution in [0, 0.1) is 0 Å². The molecule has 1 unspecified atom stereocenters. The van der Waals surface area contributed by atoms with Gasteiger partial charge < -0.3 is 19.4 Å². The van der Waals surface area contributed by atoms with Crippen molar-refractivity contribution in [2.24, 2.45) is 0 Å². The SMILES string of the molecule is COc1cccc(C(=O)N2CCN(C(=O)CCN3C(=O)c4ccccc4N4C(=O)CCC34C)CC2)c1. The van der Waals surface area contributed by atoms with Crippen molar-refractivity contribution in [3.63, 3.8) is 0 Å². The monoisotopic (exact) mass is 490 g/mol. The predicted octanol–water partition coefficient (Wildman–Crippen LogP) is 2.37. The highest BCUT2D eigenvalue weighted by Crippen LogP contribution is 2.44. The molecule has 0 spiro atoms. The second kappa shape index (κ2) is 9.29. The first kappa shape index (κ1) is 23.8. The molecule has 1 atom stereocenters. The van der Waals surface area contributed by atoms with Crippen molar-refractivity contribution in [3.8, 4) is 5.75 Å². The van der Waals surface area contributed by atoms with Crippen molar-refractivity contribution in [2.75, 3.05) is 44.7 Å². The summed E-state index contributed by atoms with van der Waals surface area (Å²) in [6.07, 6.45) is 1.06. The van der Waals surface area contributed by atoms with E-state index in [1.54, 1.807) is 63.1 Å². The highest BCUT2D eigenvalue weighted by Gasteiger charge is 2.52. The number of nitrogens with zero attached hydrogens (tertiary/aromatic N) is 4. The summed E-state index contributed by atoms with van der Waals surface area (Å²) < 4.78 is 5.21. The summed E-state index contributed by atoms with van der Waals surface area (Å²) in [6.45, 7) is 3.89. The van der Waals surface area contributed by atoms with Crippen LogP contribution >= 0.6 is 0 Å². The van der Waals surface area contributed by atoms with Gasteiger partial charge in [0.1, 0.15) is 11.4 Å². The van der Waals surface area contributed by atoms with E-state index in [1.807, 2.05) is 19.1 Å². The van der Waals surface area contributed by atoms with Gasteiger partial charge in [0, 0.05) is 51.1 Å². The molecule has 0 aliphatic carbocycles. The number of rotatable bonds is 5. The Bertz CT molecular complexity index is 1220. The van der Waals surface area contributed by atoms with E-state index in [4.69, 9.17) is 4.74 Å². The topological polar surface area (TPSA) is 90.5 Å². The van der Waals surface area contributed by atoms with Gasteiger partial charge in [-0.3, -0.25) is 24.1 Å². The number of benzene rings is 2. The molecular weight excluding hydrogens is 460 g/mol. The molecule has 188 valence electrons. The smallest absolute Gasteiger partial charge is 0.257 e. The van der Waals surface area contributed by atoms with Gasteiger partial charge in [-0.2, -0.15) is 0 Å². The Hall–Kier alpha value is -3.88. The molecule has 0 N–H and O–H groups in total. The van der Waals surface area contributed by atoms with Crippen LogP contribution in [0.25, 0.3) is 0 Å². The molecule has 0 radical (unpaired) electrons. The fourth-order valence-electron chi connectivity index (χ4n) is 5.50. The number of carbonyl (C=O) groups is 4. The lowest BCUT2D eigenvalue weighted by molar-refractivity contribution is -0.133. The van der Waals surface area contributed by atoms with Gasteiger partial charge in [0.2, 0.25) is 11.8 Å². The molecule has 3 aliphatic heterocycles. The van der Waals surface area contributed by atoms with E-state index in [9.17, 15) is 19.2 Å². The molecule has 5 rings (SSSR count). The number of ether oxygens (including phenoxy) is 1. The van der Waals surface area contributed by atoms with Gasteiger partial charge in [0.05, 0.1) is 18.4 Å². The van der Waals surface area contributed by atoms with E-state index in [-0.39, 0.29) is 36.6 Å². The van der Waals surface area contributed by atoms with Crippen LogP contribution in [0.15, 0.2) is 48.5 Å². The number of hydrogen-bond donors (Lipinski definition) is 0. The molecule has 4 amide bonds. The van der Waals surface area contributed by atoms with Crippen molar-refractivity contribution in [1.29, 1.82) is 0 Å². The van der Waals surface area contributed by atoms with Crippen LogP contribution < -0.4 is 9.64 Å². The second-order valence-electron chi connectivity index (χ2n) is 9.58. The molecule has 9 nitrogen and oxygen atoms in total. The molecule has 0 saturated carbocycles. The van der Waals surface area contributed by atoms with E-state index in [0.29, 0.717) is 61.6 Å². The Kier molecular flexibility index (Phi) is 6.15. The van der Waals surface area contributed by atoms with Crippen molar-refractivity contribution in [1.82, 2.24) is 14.7 Å². The molecule has 0 bridgehead atoms. The van der Waals surface area contributed by atoms with E-state index < -0.39 is 5.66 Å². The van der Waals surface area contributed by atoms with Crippen molar-refractivity contribution in [2.45, 2.75) is 31.8 Å².